The van der Waals surface area contributed by atoms with Gasteiger partial charge in [-0.05, 0) is 56.2 Å². The van der Waals surface area contributed by atoms with E-state index < -0.39 is 17.0 Å². The number of thioether (sulfide) groups is 1. The summed E-state index contributed by atoms with van der Waals surface area (Å²) in [6.45, 7) is 4.06. The summed E-state index contributed by atoms with van der Waals surface area (Å²) < 4.78 is 38.1. The Bertz CT molecular complexity index is 920. The van der Waals surface area contributed by atoms with Gasteiger partial charge < -0.3 is 4.90 Å². The van der Waals surface area contributed by atoms with Crippen molar-refractivity contribution in [2.45, 2.75) is 36.7 Å². The van der Waals surface area contributed by atoms with Gasteiger partial charge >= 0.3 is 6.18 Å². The third-order valence-electron chi connectivity index (χ3n) is 4.34. The molecule has 1 aromatic heterocycles. The van der Waals surface area contributed by atoms with E-state index in [1.165, 1.54) is 28.8 Å². The highest BCUT2D eigenvalue weighted by Crippen LogP contribution is 2.36. The Labute approximate surface area is 159 Å². The highest BCUT2D eigenvalue weighted by Gasteiger charge is 2.35. The van der Waals surface area contributed by atoms with Crippen molar-refractivity contribution in [1.29, 1.82) is 5.26 Å². The number of halogens is 3. The average Bonchev–Trinajstić information content (AvgIpc) is 2.95. The van der Waals surface area contributed by atoms with Crippen molar-refractivity contribution in [2.24, 2.45) is 0 Å². The maximum atomic E-state index is 12.7. The summed E-state index contributed by atoms with van der Waals surface area (Å²) in [5.41, 5.74) is 1.70. The van der Waals surface area contributed by atoms with Crippen molar-refractivity contribution in [2.75, 3.05) is 11.4 Å². The molecule has 1 aliphatic rings. The molecule has 0 aliphatic carbocycles. The van der Waals surface area contributed by atoms with Crippen LogP contribution in [0.1, 0.15) is 28.8 Å². The highest BCUT2D eigenvalue weighted by atomic mass is 32.2. The fourth-order valence-electron chi connectivity index (χ4n) is 3.01. The van der Waals surface area contributed by atoms with Crippen LogP contribution in [0.3, 0.4) is 0 Å². The molecule has 3 rings (SSSR count). The molecule has 8 heteroatoms. The predicted octanol–water partition coefficient (Wildman–Crippen LogP) is 4.49. The van der Waals surface area contributed by atoms with Crippen LogP contribution >= 0.6 is 11.8 Å². The Morgan fingerprint density at radius 1 is 1.26 bits per heavy atom. The van der Waals surface area contributed by atoms with Crippen LogP contribution in [0, 0.1) is 25.2 Å². The van der Waals surface area contributed by atoms with E-state index in [9.17, 15) is 23.2 Å². The number of benzene rings is 1. The maximum Gasteiger partial charge on any atom is 0.416 e. The molecule has 0 unspecified atom stereocenters. The van der Waals surface area contributed by atoms with Crippen LogP contribution in [0.25, 0.3) is 0 Å². The molecule has 1 fully saturated rings. The number of aromatic nitrogens is 1. The van der Waals surface area contributed by atoms with Gasteiger partial charge in [0, 0.05) is 17.9 Å². The Balaban J connectivity index is 1.79. The van der Waals surface area contributed by atoms with Crippen LogP contribution in [0.2, 0.25) is 0 Å². The summed E-state index contributed by atoms with van der Waals surface area (Å²) in [6, 6.07) is 8.51. The van der Waals surface area contributed by atoms with Gasteiger partial charge in [-0.25, -0.2) is 4.98 Å². The molecular formula is C19H16F3N3OS. The summed E-state index contributed by atoms with van der Waals surface area (Å²) in [6.07, 6.45) is -3.88. The molecule has 4 nitrogen and oxygen atoms in total. The molecule has 0 N–H and O–H groups in total. The second kappa shape index (κ2) is 7.24. The molecule has 1 atom stereocenters. The second-order valence-electron chi connectivity index (χ2n) is 6.30. The number of alkyl halides is 3. The van der Waals surface area contributed by atoms with E-state index in [1.807, 2.05) is 19.9 Å². The molecule has 0 bridgehead atoms. The standard InChI is InChI=1S/C19H16F3N3OS/c1-11-9-12(2)24-17(15(11)10-23)27-16-7-8-25(18(16)26)14-5-3-13(4-6-14)19(20,21)22/h3-6,9,16H,7-8H2,1-2H3/t16-/m0/s1. The largest absolute Gasteiger partial charge is 0.416 e. The number of amides is 1. The van der Waals surface area contributed by atoms with E-state index in [4.69, 9.17) is 0 Å². The molecule has 1 aliphatic heterocycles. The number of nitriles is 1. The molecule has 0 radical (unpaired) electrons. The quantitative estimate of drug-likeness (QED) is 0.774. The zero-order chi connectivity index (χ0) is 19.8. The molecular weight excluding hydrogens is 375 g/mol. The first kappa shape index (κ1) is 19.2. The van der Waals surface area contributed by atoms with E-state index in [-0.39, 0.29) is 5.91 Å². The van der Waals surface area contributed by atoms with Crippen LogP contribution < -0.4 is 4.90 Å². The Kier molecular flexibility index (Phi) is 5.16. The number of aryl methyl sites for hydroxylation is 2. The van der Waals surface area contributed by atoms with Crippen molar-refractivity contribution in [1.82, 2.24) is 4.98 Å². The summed E-state index contributed by atoms with van der Waals surface area (Å²) in [5, 5.41) is 9.45. The molecule has 0 spiro atoms. The van der Waals surface area contributed by atoms with Crippen molar-refractivity contribution in [3.63, 3.8) is 0 Å². The second-order valence-corrected chi connectivity index (χ2v) is 7.49. The Morgan fingerprint density at radius 2 is 1.93 bits per heavy atom. The van der Waals surface area contributed by atoms with Crippen molar-refractivity contribution in [3.05, 3.63) is 52.7 Å². The summed E-state index contributed by atoms with van der Waals surface area (Å²) in [7, 11) is 0. The molecule has 2 heterocycles. The zero-order valence-electron chi connectivity index (χ0n) is 14.7. The molecule has 27 heavy (non-hydrogen) atoms. The van der Waals surface area contributed by atoms with Gasteiger partial charge in [0.1, 0.15) is 11.1 Å². The first-order valence-corrected chi connectivity index (χ1v) is 9.12. The van der Waals surface area contributed by atoms with E-state index in [0.717, 1.165) is 23.4 Å². The maximum absolute atomic E-state index is 12.7. The number of pyridine rings is 1. The van der Waals surface area contributed by atoms with Gasteiger partial charge in [-0.3, -0.25) is 4.79 Å². The van der Waals surface area contributed by atoms with Gasteiger partial charge in [-0.15, -0.1) is 0 Å². The van der Waals surface area contributed by atoms with Gasteiger partial charge in [0.25, 0.3) is 0 Å². The third-order valence-corrected chi connectivity index (χ3v) is 5.58. The van der Waals surface area contributed by atoms with Crippen LogP contribution in [0.5, 0.6) is 0 Å². The lowest BCUT2D eigenvalue weighted by atomic mass is 10.1. The van der Waals surface area contributed by atoms with Crippen LogP contribution in [0.15, 0.2) is 35.4 Å². The molecule has 1 aromatic carbocycles. The number of carbonyl (C=O) groups excluding carboxylic acids is 1. The highest BCUT2D eigenvalue weighted by molar-refractivity contribution is 8.00. The average molecular weight is 391 g/mol. The Hall–Kier alpha value is -2.53. The van der Waals surface area contributed by atoms with E-state index >= 15 is 0 Å². The van der Waals surface area contributed by atoms with Crippen molar-refractivity contribution in [3.8, 4) is 6.07 Å². The smallest absolute Gasteiger partial charge is 0.311 e. The van der Waals surface area contributed by atoms with E-state index in [1.54, 1.807) is 0 Å². The minimum Gasteiger partial charge on any atom is -0.311 e. The van der Waals surface area contributed by atoms with Gasteiger partial charge in [-0.1, -0.05) is 11.8 Å². The minimum absolute atomic E-state index is 0.190. The number of nitrogens with zero attached hydrogens (tertiary/aromatic N) is 3. The van der Waals surface area contributed by atoms with Gasteiger partial charge in [0.05, 0.1) is 16.4 Å². The van der Waals surface area contributed by atoms with Gasteiger partial charge in [-0.2, -0.15) is 18.4 Å². The van der Waals surface area contributed by atoms with Crippen molar-refractivity contribution < 1.29 is 18.0 Å². The third kappa shape index (κ3) is 3.93. The first-order chi connectivity index (χ1) is 12.7. The number of anilines is 1. The van der Waals surface area contributed by atoms with Crippen LogP contribution in [0.4, 0.5) is 18.9 Å². The van der Waals surface area contributed by atoms with E-state index in [0.29, 0.717) is 29.2 Å². The first-order valence-electron chi connectivity index (χ1n) is 8.24. The molecule has 140 valence electrons. The molecule has 2 aromatic rings. The SMILES string of the molecule is Cc1cc(C)c(C#N)c(S[C@H]2CCN(c3ccc(C(F)(F)F)cc3)C2=O)n1. The predicted molar refractivity (Wildman–Crippen MR) is 96.5 cm³/mol. The lowest BCUT2D eigenvalue weighted by Crippen LogP contribution is -2.28. The number of carbonyl (C=O) groups is 1. The summed E-state index contributed by atoms with van der Waals surface area (Å²) in [5.74, 6) is -0.190. The van der Waals surface area contributed by atoms with Crippen molar-refractivity contribution >= 4 is 23.4 Å². The fourth-order valence-corrected chi connectivity index (χ4v) is 4.25. The van der Waals surface area contributed by atoms with Crippen LogP contribution in [-0.4, -0.2) is 22.7 Å². The van der Waals surface area contributed by atoms with Gasteiger partial charge in [0.2, 0.25) is 5.91 Å². The summed E-state index contributed by atoms with van der Waals surface area (Å²) in [4.78, 5) is 18.6. The summed E-state index contributed by atoms with van der Waals surface area (Å²) >= 11 is 1.24. The normalized spacial score (nSPS) is 17.3. The lowest BCUT2D eigenvalue weighted by Gasteiger charge is -2.18. The van der Waals surface area contributed by atoms with Gasteiger partial charge in [0.15, 0.2) is 0 Å². The monoisotopic (exact) mass is 391 g/mol. The Morgan fingerprint density at radius 3 is 2.52 bits per heavy atom. The van der Waals surface area contributed by atoms with E-state index in [2.05, 4.69) is 11.1 Å². The van der Waals surface area contributed by atoms with Crippen LogP contribution in [-0.2, 0) is 11.0 Å². The number of hydrogen-bond acceptors (Lipinski definition) is 4. The molecule has 1 saturated heterocycles. The zero-order valence-corrected chi connectivity index (χ0v) is 15.5. The minimum atomic E-state index is -4.41. The molecule has 1 amide bonds. The molecule has 0 saturated carbocycles. The fraction of sp³-hybridized carbons (Fsp3) is 0.316. The number of hydrogen-bond donors (Lipinski definition) is 0. The number of rotatable bonds is 3. The topological polar surface area (TPSA) is 57.0 Å². The lowest BCUT2D eigenvalue weighted by molar-refractivity contribution is -0.137.